The van der Waals surface area contributed by atoms with Crippen LogP contribution in [0.3, 0.4) is 0 Å². The van der Waals surface area contributed by atoms with Crippen molar-refractivity contribution in [3.8, 4) is 0 Å². The van der Waals surface area contributed by atoms with Gasteiger partial charge in [0.25, 0.3) is 0 Å². The molecule has 1 nitrogen and oxygen atoms in total. The SMILES string of the molecule is CN1CCCCC1(C)c1ccc(C(F)(F)F)c(F)c1. The molecule has 0 amide bonds. The predicted octanol–water partition coefficient (Wildman–Crippen LogP) is 4.18. The van der Waals surface area contributed by atoms with Crippen LogP contribution in [-0.2, 0) is 11.7 Å². The second-order valence-corrected chi connectivity index (χ2v) is 5.34. The molecule has 0 saturated carbocycles. The van der Waals surface area contributed by atoms with Crippen molar-refractivity contribution in [3.05, 3.63) is 35.1 Å². The van der Waals surface area contributed by atoms with Crippen LogP contribution in [0.4, 0.5) is 17.6 Å². The lowest BCUT2D eigenvalue weighted by molar-refractivity contribution is -0.140. The molecule has 5 heteroatoms. The summed E-state index contributed by atoms with van der Waals surface area (Å²) in [6, 6.07) is 3.27. The Morgan fingerprint density at radius 3 is 2.42 bits per heavy atom. The molecule has 0 aromatic heterocycles. The summed E-state index contributed by atoms with van der Waals surface area (Å²) in [5, 5.41) is 0. The van der Waals surface area contributed by atoms with Crippen LogP contribution in [0.15, 0.2) is 18.2 Å². The van der Waals surface area contributed by atoms with Gasteiger partial charge in [-0.2, -0.15) is 13.2 Å². The molecule has 1 saturated heterocycles. The molecule has 106 valence electrons. The van der Waals surface area contributed by atoms with Gasteiger partial charge >= 0.3 is 6.18 Å². The fraction of sp³-hybridized carbons (Fsp3) is 0.571. The van der Waals surface area contributed by atoms with E-state index >= 15 is 0 Å². The maximum absolute atomic E-state index is 13.7. The van der Waals surface area contributed by atoms with Crippen molar-refractivity contribution in [2.45, 2.75) is 37.9 Å². The molecule has 1 aliphatic rings. The number of likely N-dealkylation sites (tertiary alicyclic amines) is 1. The Morgan fingerprint density at radius 1 is 1.21 bits per heavy atom. The Balaban J connectivity index is 2.39. The smallest absolute Gasteiger partial charge is 0.297 e. The molecular weight excluding hydrogens is 258 g/mol. The molecule has 1 atom stereocenters. The number of hydrogen-bond acceptors (Lipinski definition) is 1. The Hall–Kier alpha value is -1.10. The van der Waals surface area contributed by atoms with Crippen LogP contribution in [0, 0.1) is 5.82 Å². The van der Waals surface area contributed by atoms with Gasteiger partial charge in [-0.15, -0.1) is 0 Å². The van der Waals surface area contributed by atoms with Gasteiger partial charge in [-0.3, -0.25) is 4.90 Å². The van der Waals surface area contributed by atoms with E-state index in [2.05, 4.69) is 4.90 Å². The van der Waals surface area contributed by atoms with Gasteiger partial charge in [0.2, 0.25) is 0 Å². The number of hydrogen-bond donors (Lipinski definition) is 0. The van der Waals surface area contributed by atoms with E-state index in [1.807, 2.05) is 14.0 Å². The van der Waals surface area contributed by atoms with Crippen LogP contribution in [0.2, 0.25) is 0 Å². The summed E-state index contributed by atoms with van der Waals surface area (Å²) in [7, 11) is 1.93. The predicted molar refractivity (Wildman–Crippen MR) is 65.2 cm³/mol. The fourth-order valence-corrected chi connectivity index (χ4v) is 2.70. The highest BCUT2D eigenvalue weighted by Crippen LogP contribution is 2.38. The topological polar surface area (TPSA) is 3.24 Å². The molecule has 0 radical (unpaired) electrons. The Bertz CT molecular complexity index is 469. The average Bonchev–Trinajstić information content (AvgIpc) is 2.31. The number of halogens is 4. The lowest BCUT2D eigenvalue weighted by Gasteiger charge is -2.43. The monoisotopic (exact) mass is 275 g/mol. The molecule has 1 unspecified atom stereocenters. The second-order valence-electron chi connectivity index (χ2n) is 5.34. The van der Waals surface area contributed by atoms with Crippen molar-refractivity contribution in [1.82, 2.24) is 4.90 Å². The summed E-state index contributed by atoms with van der Waals surface area (Å²) in [5.41, 5.74) is -0.970. The third-order valence-electron chi connectivity index (χ3n) is 4.15. The molecule has 0 aliphatic carbocycles. The third-order valence-corrected chi connectivity index (χ3v) is 4.15. The van der Waals surface area contributed by atoms with E-state index in [-0.39, 0.29) is 5.54 Å². The molecular formula is C14H17F4N. The first-order valence-corrected chi connectivity index (χ1v) is 6.33. The van der Waals surface area contributed by atoms with Crippen LogP contribution < -0.4 is 0 Å². The van der Waals surface area contributed by atoms with Gasteiger partial charge in [0.15, 0.2) is 0 Å². The zero-order chi connectivity index (χ0) is 14.3. The number of benzene rings is 1. The third kappa shape index (κ3) is 2.61. The summed E-state index contributed by atoms with van der Waals surface area (Å²) < 4.78 is 51.3. The van der Waals surface area contributed by atoms with Crippen LogP contribution >= 0.6 is 0 Å². The van der Waals surface area contributed by atoms with Gasteiger partial charge in [0.1, 0.15) is 5.82 Å². The van der Waals surface area contributed by atoms with E-state index in [1.54, 1.807) is 0 Å². The summed E-state index contributed by atoms with van der Waals surface area (Å²) in [4.78, 5) is 2.08. The first-order valence-electron chi connectivity index (χ1n) is 6.33. The van der Waals surface area contributed by atoms with Crippen molar-refractivity contribution in [1.29, 1.82) is 0 Å². The summed E-state index contributed by atoms with van der Waals surface area (Å²) in [6.07, 6.45) is -1.74. The van der Waals surface area contributed by atoms with E-state index in [4.69, 9.17) is 0 Å². The van der Waals surface area contributed by atoms with Crippen molar-refractivity contribution >= 4 is 0 Å². The van der Waals surface area contributed by atoms with Gasteiger partial charge in [0.05, 0.1) is 5.56 Å². The Kier molecular flexibility index (Phi) is 3.60. The zero-order valence-corrected chi connectivity index (χ0v) is 11.0. The molecule has 0 bridgehead atoms. The molecule has 1 fully saturated rings. The standard InChI is InChI=1S/C14H17F4N/c1-13(7-3-4-8-19(13)2)10-5-6-11(12(15)9-10)14(16,17)18/h5-6,9H,3-4,7-8H2,1-2H3. The lowest BCUT2D eigenvalue weighted by atomic mass is 9.82. The maximum atomic E-state index is 13.7. The average molecular weight is 275 g/mol. The van der Waals surface area contributed by atoms with Gasteiger partial charge in [-0.05, 0) is 51.1 Å². The number of alkyl halides is 3. The minimum atomic E-state index is -4.64. The number of rotatable bonds is 1. The minimum absolute atomic E-state index is 0.386. The van der Waals surface area contributed by atoms with E-state index < -0.39 is 17.6 Å². The molecule has 0 spiro atoms. The molecule has 0 N–H and O–H groups in total. The van der Waals surface area contributed by atoms with Crippen molar-refractivity contribution < 1.29 is 17.6 Å². The molecule has 1 aromatic rings. The van der Waals surface area contributed by atoms with Crippen molar-refractivity contribution in [2.24, 2.45) is 0 Å². The van der Waals surface area contributed by atoms with Crippen LogP contribution in [0.25, 0.3) is 0 Å². The van der Waals surface area contributed by atoms with Crippen LogP contribution in [-0.4, -0.2) is 18.5 Å². The zero-order valence-electron chi connectivity index (χ0n) is 11.0. The summed E-state index contributed by atoms with van der Waals surface area (Å²) in [6.45, 7) is 2.83. The highest BCUT2D eigenvalue weighted by atomic mass is 19.4. The maximum Gasteiger partial charge on any atom is 0.419 e. The van der Waals surface area contributed by atoms with Crippen molar-refractivity contribution in [3.63, 3.8) is 0 Å². The van der Waals surface area contributed by atoms with E-state index in [1.165, 1.54) is 6.07 Å². The molecule has 1 aliphatic heterocycles. The normalized spacial score (nSPS) is 25.6. The molecule has 1 heterocycles. The molecule has 1 aromatic carbocycles. The highest BCUT2D eigenvalue weighted by Gasteiger charge is 2.37. The van der Waals surface area contributed by atoms with Crippen molar-refractivity contribution in [2.75, 3.05) is 13.6 Å². The highest BCUT2D eigenvalue weighted by molar-refractivity contribution is 5.31. The van der Waals surface area contributed by atoms with Gasteiger partial charge < -0.3 is 0 Å². The van der Waals surface area contributed by atoms with Crippen LogP contribution in [0.5, 0.6) is 0 Å². The fourth-order valence-electron chi connectivity index (χ4n) is 2.70. The molecule has 19 heavy (non-hydrogen) atoms. The molecule has 2 rings (SSSR count). The second kappa shape index (κ2) is 4.78. The van der Waals surface area contributed by atoms with E-state index in [0.717, 1.165) is 37.9 Å². The summed E-state index contributed by atoms with van der Waals surface area (Å²) >= 11 is 0. The van der Waals surface area contributed by atoms with E-state index in [9.17, 15) is 17.6 Å². The Morgan fingerprint density at radius 2 is 1.89 bits per heavy atom. The van der Waals surface area contributed by atoms with Gasteiger partial charge in [0, 0.05) is 5.54 Å². The first-order chi connectivity index (χ1) is 8.75. The first kappa shape index (κ1) is 14.3. The Labute approximate surface area is 110 Å². The summed E-state index contributed by atoms with van der Waals surface area (Å²) in [5.74, 6) is -1.19. The van der Waals surface area contributed by atoms with Gasteiger partial charge in [-0.25, -0.2) is 4.39 Å². The minimum Gasteiger partial charge on any atom is -0.297 e. The van der Waals surface area contributed by atoms with Crippen LogP contribution in [0.1, 0.15) is 37.3 Å². The largest absolute Gasteiger partial charge is 0.419 e. The number of piperidine rings is 1. The van der Waals surface area contributed by atoms with E-state index in [0.29, 0.717) is 5.56 Å². The lowest BCUT2D eigenvalue weighted by Crippen LogP contribution is -2.44. The number of nitrogens with zero attached hydrogens (tertiary/aromatic N) is 1. The quantitative estimate of drug-likeness (QED) is 0.695. The van der Waals surface area contributed by atoms with Gasteiger partial charge in [-0.1, -0.05) is 12.5 Å².